The molecule has 0 amide bonds. The summed E-state index contributed by atoms with van der Waals surface area (Å²) in [7, 11) is -3.79. The van der Waals surface area contributed by atoms with Gasteiger partial charge < -0.3 is 5.73 Å². The van der Waals surface area contributed by atoms with E-state index in [-0.39, 0.29) is 16.1 Å². The first-order valence-corrected chi connectivity index (χ1v) is 7.56. The molecule has 2 rings (SSSR count). The Balaban J connectivity index is 2.23. The van der Waals surface area contributed by atoms with E-state index in [9.17, 15) is 12.8 Å². The summed E-state index contributed by atoms with van der Waals surface area (Å²) in [5, 5.41) is 8.10. The number of halogens is 1. The van der Waals surface area contributed by atoms with Gasteiger partial charge in [0.05, 0.1) is 10.9 Å². The Morgan fingerprint density at radius 1 is 1.32 bits per heavy atom. The molecule has 0 aliphatic carbocycles. The maximum absolute atomic E-state index is 12.7. The minimum absolute atomic E-state index is 0.0496. The van der Waals surface area contributed by atoms with Gasteiger partial charge in [-0.1, -0.05) is 11.3 Å². The van der Waals surface area contributed by atoms with Gasteiger partial charge in [0.1, 0.15) is 10.8 Å². The third-order valence-corrected chi connectivity index (χ3v) is 4.70. The molecule has 0 radical (unpaired) electrons. The Kier molecular flexibility index (Phi) is 3.78. The fraction of sp³-hybridized carbons (Fsp3) is 0.200. The van der Waals surface area contributed by atoms with E-state index in [0.717, 1.165) is 23.5 Å². The summed E-state index contributed by atoms with van der Waals surface area (Å²) < 4.78 is 38.9. The zero-order valence-corrected chi connectivity index (χ0v) is 11.5. The molecule has 6 nitrogen and oxygen atoms in total. The summed E-state index contributed by atoms with van der Waals surface area (Å²) in [5.41, 5.74) is 5.61. The Morgan fingerprint density at radius 2 is 1.95 bits per heavy atom. The summed E-state index contributed by atoms with van der Waals surface area (Å²) >= 11 is 1.05. The van der Waals surface area contributed by atoms with E-state index in [1.54, 1.807) is 6.92 Å². The molecule has 0 spiro atoms. The molecule has 3 N–H and O–H groups in total. The number of hydrogen-bond donors (Lipinski definition) is 2. The van der Waals surface area contributed by atoms with E-state index in [0.29, 0.717) is 5.01 Å². The van der Waals surface area contributed by atoms with Crippen molar-refractivity contribution in [2.45, 2.75) is 17.9 Å². The van der Waals surface area contributed by atoms with Crippen molar-refractivity contribution in [3.05, 3.63) is 35.1 Å². The summed E-state index contributed by atoms with van der Waals surface area (Å²) in [6, 6.07) is 4.17. The number of aromatic nitrogens is 2. The first-order valence-electron chi connectivity index (χ1n) is 5.26. The molecule has 0 aliphatic heterocycles. The average Bonchev–Trinajstić information content (AvgIpc) is 2.77. The highest BCUT2D eigenvalue weighted by Gasteiger charge is 2.17. The zero-order valence-electron chi connectivity index (χ0n) is 9.87. The maximum atomic E-state index is 12.7. The van der Waals surface area contributed by atoms with Crippen molar-refractivity contribution in [2.24, 2.45) is 5.73 Å². The summed E-state index contributed by atoms with van der Waals surface area (Å²) in [4.78, 5) is -0.0496. The third-order valence-electron chi connectivity index (χ3n) is 2.18. The standard InChI is InChI=1S/C10H11FN4O2S2/c1-6(12)9-13-14-10(18-9)15-19(16,17)8-4-2-7(11)3-5-8/h2-6H,12H2,1H3,(H,14,15). The van der Waals surface area contributed by atoms with Crippen molar-refractivity contribution < 1.29 is 12.8 Å². The number of nitrogens with zero attached hydrogens (tertiary/aromatic N) is 2. The van der Waals surface area contributed by atoms with Crippen LogP contribution in [0.15, 0.2) is 29.2 Å². The van der Waals surface area contributed by atoms with Crippen molar-refractivity contribution in [3.63, 3.8) is 0 Å². The van der Waals surface area contributed by atoms with Gasteiger partial charge in [-0.3, -0.25) is 4.72 Å². The van der Waals surface area contributed by atoms with Crippen molar-refractivity contribution in [1.82, 2.24) is 10.2 Å². The lowest BCUT2D eigenvalue weighted by molar-refractivity contribution is 0.599. The van der Waals surface area contributed by atoms with E-state index in [1.165, 1.54) is 12.1 Å². The predicted molar refractivity (Wildman–Crippen MR) is 69.7 cm³/mol. The van der Waals surface area contributed by atoms with Crippen LogP contribution in [0.1, 0.15) is 18.0 Å². The molecule has 0 saturated carbocycles. The average molecular weight is 302 g/mol. The molecule has 1 aromatic heterocycles. The number of rotatable bonds is 4. The van der Waals surface area contributed by atoms with E-state index in [4.69, 9.17) is 5.73 Å². The minimum atomic E-state index is -3.79. The molecule has 2 aromatic rings. The molecule has 1 atom stereocenters. The summed E-state index contributed by atoms with van der Waals surface area (Å²) in [6.07, 6.45) is 0. The fourth-order valence-electron chi connectivity index (χ4n) is 1.25. The Labute approximate surface area is 113 Å². The molecule has 1 heterocycles. The molecular weight excluding hydrogens is 291 g/mol. The van der Waals surface area contributed by atoms with Crippen molar-refractivity contribution >= 4 is 26.5 Å². The van der Waals surface area contributed by atoms with Gasteiger partial charge in [-0.2, -0.15) is 0 Å². The summed E-state index contributed by atoms with van der Waals surface area (Å²) in [6.45, 7) is 1.72. The predicted octanol–water partition coefficient (Wildman–Crippen LogP) is 1.50. The van der Waals surface area contributed by atoms with Crippen LogP contribution in [0.2, 0.25) is 0 Å². The highest BCUT2D eigenvalue weighted by Crippen LogP contribution is 2.22. The van der Waals surface area contributed by atoms with E-state index < -0.39 is 15.8 Å². The molecule has 0 aliphatic rings. The highest BCUT2D eigenvalue weighted by atomic mass is 32.2. The van der Waals surface area contributed by atoms with Crippen LogP contribution >= 0.6 is 11.3 Å². The Hall–Kier alpha value is -1.58. The van der Waals surface area contributed by atoms with Crippen molar-refractivity contribution in [2.75, 3.05) is 4.72 Å². The van der Waals surface area contributed by atoms with Gasteiger partial charge in [-0.15, -0.1) is 10.2 Å². The highest BCUT2D eigenvalue weighted by molar-refractivity contribution is 7.93. The van der Waals surface area contributed by atoms with Crippen LogP contribution in [0.4, 0.5) is 9.52 Å². The first kappa shape index (κ1) is 13.8. The molecule has 0 saturated heterocycles. The Morgan fingerprint density at radius 3 is 2.47 bits per heavy atom. The van der Waals surface area contributed by atoms with Crippen LogP contribution in [0.3, 0.4) is 0 Å². The molecule has 9 heteroatoms. The van der Waals surface area contributed by atoms with Crippen LogP contribution in [-0.4, -0.2) is 18.6 Å². The van der Waals surface area contributed by atoms with Gasteiger partial charge in [-0.25, -0.2) is 12.8 Å². The van der Waals surface area contributed by atoms with Gasteiger partial charge >= 0.3 is 0 Å². The van der Waals surface area contributed by atoms with E-state index in [1.807, 2.05) is 0 Å². The van der Waals surface area contributed by atoms with Crippen LogP contribution in [0.5, 0.6) is 0 Å². The maximum Gasteiger partial charge on any atom is 0.263 e. The van der Waals surface area contributed by atoms with Crippen molar-refractivity contribution in [1.29, 1.82) is 0 Å². The minimum Gasteiger partial charge on any atom is -0.322 e. The molecular formula is C10H11FN4O2S2. The fourth-order valence-corrected chi connectivity index (χ4v) is 3.17. The Bertz CT molecular complexity index is 667. The molecule has 0 bridgehead atoms. The molecule has 1 aromatic carbocycles. The normalized spacial score (nSPS) is 13.2. The molecule has 102 valence electrons. The second-order valence-corrected chi connectivity index (χ2v) is 6.49. The van der Waals surface area contributed by atoms with Crippen LogP contribution in [0, 0.1) is 5.82 Å². The van der Waals surface area contributed by atoms with E-state index >= 15 is 0 Å². The lowest BCUT2D eigenvalue weighted by Gasteiger charge is -2.04. The third kappa shape index (κ3) is 3.25. The van der Waals surface area contributed by atoms with E-state index in [2.05, 4.69) is 14.9 Å². The number of nitrogens with one attached hydrogen (secondary N) is 1. The SMILES string of the molecule is CC(N)c1nnc(NS(=O)(=O)c2ccc(F)cc2)s1. The number of sulfonamides is 1. The number of anilines is 1. The van der Waals surface area contributed by atoms with Gasteiger partial charge in [0.2, 0.25) is 5.13 Å². The number of hydrogen-bond acceptors (Lipinski definition) is 6. The number of benzene rings is 1. The number of nitrogens with two attached hydrogens (primary N) is 1. The lowest BCUT2D eigenvalue weighted by Crippen LogP contribution is -2.12. The second kappa shape index (κ2) is 5.19. The van der Waals surface area contributed by atoms with Gasteiger partial charge in [0.25, 0.3) is 10.0 Å². The zero-order chi connectivity index (χ0) is 14.0. The molecule has 1 unspecified atom stereocenters. The second-order valence-electron chi connectivity index (χ2n) is 3.79. The molecule has 19 heavy (non-hydrogen) atoms. The monoisotopic (exact) mass is 302 g/mol. The topological polar surface area (TPSA) is 98.0 Å². The van der Waals surface area contributed by atoms with Crippen LogP contribution < -0.4 is 10.5 Å². The lowest BCUT2D eigenvalue weighted by atomic mass is 10.4. The van der Waals surface area contributed by atoms with Crippen LogP contribution in [-0.2, 0) is 10.0 Å². The van der Waals surface area contributed by atoms with Gasteiger partial charge in [0, 0.05) is 0 Å². The van der Waals surface area contributed by atoms with Crippen molar-refractivity contribution in [3.8, 4) is 0 Å². The quantitative estimate of drug-likeness (QED) is 0.892. The first-order chi connectivity index (χ1) is 8.88. The summed E-state index contributed by atoms with van der Waals surface area (Å²) in [5.74, 6) is -0.505. The molecule has 0 fully saturated rings. The van der Waals surface area contributed by atoms with Gasteiger partial charge in [0.15, 0.2) is 0 Å². The smallest absolute Gasteiger partial charge is 0.263 e. The van der Waals surface area contributed by atoms with Crippen LogP contribution in [0.25, 0.3) is 0 Å². The van der Waals surface area contributed by atoms with Gasteiger partial charge in [-0.05, 0) is 31.2 Å². The largest absolute Gasteiger partial charge is 0.322 e.